The number of carbonyl (C=O) groups is 1. The van der Waals surface area contributed by atoms with E-state index in [1.54, 1.807) is 0 Å². The molecule has 0 bridgehead atoms. The van der Waals surface area contributed by atoms with Crippen LogP contribution in [0.15, 0.2) is 12.3 Å². The van der Waals surface area contributed by atoms with E-state index in [0.717, 1.165) is 6.54 Å². The molecule has 0 radical (unpaired) electrons. The molecule has 1 rings (SSSR count). The number of amides is 1. The molecule has 0 saturated carbocycles. The molecule has 1 aromatic heterocycles. The van der Waals surface area contributed by atoms with Gasteiger partial charge in [0.15, 0.2) is 0 Å². The lowest BCUT2D eigenvalue weighted by molar-refractivity contribution is 0.100. The fourth-order valence-corrected chi connectivity index (χ4v) is 1.11. The Kier molecular flexibility index (Phi) is 3.49. The average Bonchev–Trinajstić information content (AvgIpc) is 2.15. The number of nitrogens with two attached hydrogens (primary N) is 2. The number of anilines is 2. The first-order valence-corrected chi connectivity index (χ1v) is 4.80. The molecule has 0 aliphatic carbocycles. The normalized spacial score (nSPS) is 10.3. The topological polar surface area (TPSA) is 94.0 Å². The lowest BCUT2D eigenvalue weighted by Crippen LogP contribution is -2.18. The molecule has 1 heterocycles. The van der Waals surface area contributed by atoms with Crippen molar-refractivity contribution in [1.82, 2.24) is 4.98 Å². The van der Waals surface area contributed by atoms with Crippen molar-refractivity contribution in [2.75, 3.05) is 17.6 Å². The van der Waals surface area contributed by atoms with E-state index in [4.69, 9.17) is 11.5 Å². The van der Waals surface area contributed by atoms with E-state index in [1.165, 1.54) is 12.3 Å². The highest BCUT2D eigenvalue weighted by atomic mass is 16.1. The minimum Gasteiger partial charge on any atom is -0.397 e. The van der Waals surface area contributed by atoms with Gasteiger partial charge in [0.25, 0.3) is 5.91 Å². The summed E-state index contributed by atoms with van der Waals surface area (Å²) in [6.07, 6.45) is 1.50. The smallest absolute Gasteiger partial charge is 0.252 e. The van der Waals surface area contributed by atoms with E-state index in [0.29, 0.717) is 23.0 Å². The number of aromatic nitrogens is 1. The van der Waals surface area contributed by atoms with Crippen molar-refractivity contribution in [2.24, 2.45) is 11.7 Å². The van der Waals surface area contributed by atoms with Crippen molar-refractivity contribution in [3.63, 3.8) is 0 Å². The van der Waals surface area contributed by atoms with Crippen molar-refractivity contribution in [3.8, 4) is 0 Å². The van der Waals surface area contributed by atoms with E-state index in [1.807, 2.05) is 0 Å². The van der Waals surface area contributed by atoms with Crippen LogP contribution < -0.4 is 16.8 Å². The van der Waals surface area contributed by atoms with Crippen LogP contribution in [0.5, 0.6) is 0 Å². The molecule has 0 saturated heterocycles. The van der Waals surface area contributed by atoms with Gasteiger partial charge in [-0.15, -0.1) is 0 Å². The Hall–Kier alpha value is -1.78. The monoisotopic (exact) mass is 208 g/mol. The van der Waals surface area contributed by atoms with E-state index >= 15 is 0 Å². The van der Waals surface area contributed by atoms with Gasteiger partial charge in [-0.2, -0.15) is 0 Å². The molecule has 82 valence electrons. The predicted octanol–water partition coefficient (Wildman–Crippen LogP) is 0.831. The highest BCUT2D eigenvalue weighted by Crippen LogP contribution is 2.15. The van der Waals surface area contributed by atoms with Crippen LogP contribution in [0.2, 0.25) is 0 Å². The summed E-state index contributed by atoms with van der Waals surface area (Å²) in [5.74, 6) is 0.427. The van der Waals surface area contributed by atoms with E-state index in [9.17, 15) is 4.79 Å². The first kappa shape index (κ1) is 11.3. The predicted molar refractivity (Wildman–Crippen MR) is 60.5 cm³/mol. The Morgan fingerprint density at radius 1 is 1.60 bits per heavy atom. The highest BCUT2D eigenvalue weighted by Gasteiger charge is 2.09. The maximum atomic E-state index is 11.1. The van der Waals surface area contributed by atoms with Gasteiger partial charge in [0, 0.05) is 6.54 Å². The standard InChI is InChI=1S/C10H16N4O/c1-6(2)4-13-10-8(9(12)15)3-7(11)5-14-10/h3,5-6H,4,11H2,1-2H3,(H2,12,15)(H,13,14). The van der Waals surface area contributed by atoms with E-state index in [-0.39, 0.29) is 0 Å². The maximum absolute atomic E-state index is 11.1. The summed E-state index contributed by atoms with van der Waals surface area (Å²) in [5.41, 5.74) is 11.5. The van der Waals surface area contributed by atoms with Crippen molar-refractivity contribution < 1.29 is 4.79 Å². The molecule has 5 heteroatoms. The number of carbonyl (C=O) groups excluding carboxylic acids is 1. The maximum Gasteiger partial charge on any atom is 0.252 e. The van der Waals surface area contributed by atoms with Crippen LogP contribution in [0.3, 0.4) is 0 Å². The molecule has 0 fully saturated rings. The van der Waals surface area contributed by atoms with E-state index in [2.05, 4.69) is 24.1 Å². The minimum absolute atomic E-state index is 0.329. The van der Waals surface area contributed by atoms with Gasteiger partial charge in [0.05, 0.1) is 17.4 Å². The fourth-order valence-electron chi connectivity index (χ4n) is 1.11. The van der Waals surface area contributed by atoms with Crippen LogP contribution in [-0.4, -0.2) is 17.4 Å². The number of pyridine rings is 1. The number of rotatable bonds is 4. The SMILES string of the molecule is CC(C)CNc1ncc(N)cc1C(N)=O. The zero-order valence-corrected chi connectivity index (χ0v) is 8.95. The molecule has 0 atom stereocenters. The Balaban J connectivity index is 2.91. The van der Waals surface area contributed by atoms with Gasteiger partial charge in [0.2, 0.25) is 0 Å². The number of hydrogen-bond donors (Lipinski definition) is 3. The van der Waals surface area contributed by atoms with Gasteiger partial charge in [-0.25, -0.2) is 4.98 Å². The molecule has 0 aliphatic heterocycles. The molecular weight excluding hydrogens is 192 g/mol. The second kappa shape index (κ2) is 4.63. The number of primary amides is 1. The fraction of sp³-hybridized carbons (Fsp3) is 0.400. The molecule has 5 N–H and O–H groups in total. The van der Waals surface area contributed by atoms with Crippen molar-refractivity contribution in [1.29, 1.82) is 0 Å². The quantitative estimate of drug-likeness (QED) is 0.683. The lowest BCUT2D eigenvalue weighted by Gasteiger charge is -2.11. The third kappa shape index (κ3) is 3.12. The van der Waals surface area contributed by atoms with Crippen LogP contribution in [0.4, 0.5) is 11.5 Å². The Morgan fingerprint density at radius 2 is 2.27 bits per heavy atom. The molecule has 0 unspecified atom stereocenters. The van der Waals surface area contributed by atoms with Gasteiger partial charge in [0.1, 0.15) is 5.82 Å². The van der Waals surface area contributed by atoms with Crippen LogP contribution in [0.25, 0.3) is 0 Å². The third-order valence-corrected chi connectivity index (χ3v) is 1.85. The summed E-state index contributed by atoms with van der Waals surface area (Å²) in [7, 11) is 0. The van der Waals surface area contributed by atoms with Gasteiger partial charge in [-0.1, -0.05) is 13.8 Å². The van der Waals surface area contributed by atoms with Gasteiger partial charge < -0.3 is 16.8 Å². The van der Waals surface area contributed by atoms with Crippen LogP contribution in [0, 0.1) is 5.92 Å². The summed E-state index contributed by atoms with van der Waals surface area (Å²) in [6.45, 7) is 4.86. The number of nitrogen functional groups attached to an aromatic ring is 1. The van der Waals surface area contributed by atoms with Crippen molar-refractivity contribution >= 4 is 17.4 Å². The zero-order chi connectivity index (χ0) is 11.4. The second-order valence-corrected chi connectivity index (χ2v) is 3.80. The number of nitrogens with zero attached hydrogens (tertiary/aromatic N) is 1. The highest BCUT2D eigenvalue weighted by molar-refractivity contribution is 5.98. The van der Waals surface area contributed by atoms with Crippen LogP contribution >= 0.6 is 0 Å². The zero-order valence-electron chi connectivity index (χ0n) is 8.95. The van der Waals surface area contributed by atoms with Crippen molar-refractivity contribution in [2.45, 2.75) is 13.8 Å². The molecule has 0 aromatic carbocycles. The second-order valence-electron chi connectivity index (χ2n) is 3.80. The number of nitrogens with one attached hydrogen (secondary N) is 1. The Morgan fingerprint density at radius 3 is 2.80 bits per heavy atom. The molecule has 15 heavy (non-hydrogen) atoms. The molecular formula is C10H16N4O. The van der Waals surface area contributed by atoms with Crippen LogP contribution in [0.1, 0.15) is 24.2 Å². The molecule has 0 aliphatic rings. The Bertz CT molecular complexity index is 362. The molecule has 5 nitrogen and oxygen atoms in total. The summed E-state index contributed by atoms with van der Waals surface area (Å²) >= 11 is 0. The lowest BCUT2D eigenvalue weighted by atomic mass is 10.2. The number of hydrogen-bond acceptors (Lipinski definition) is 4. The van der Waals surface area contributed by atoms with Gasteiger partial charge in [-0.3, -0.25) is 4.79 Å². The summed E-state index contributed by atoms with van der Waals surface area (Å²) in [4.78, 5) is 15.1. The van der Waals surface area contributed by atoms with Crippen molar-refractivity contribution in [3.05, 3.63) is 17.8 Å². The summed E-state index contributed by atoms with van der Waals surface area (Å²) in [5, 5.41) is 3.05. The third-order valence-electron chi connectivity index (χ3n) is 1.85. The van der Waals surface area contributed by atoms with Crippen LogP contribution in [-0.2, 0) is 0 Å². The molecule has 1 amide bonds. The molecule has 0 spiro atoms. The first-order valence-electron chi connectivity index (χ1n) is 4.80. The molecule has 1 aromatic rings. The Labute approximate surface area is 88.9 Å². The summed E-state index contributed by atoms with van der Waals surface area (Å²) < 4.78 is 0. The summed E-state index contributed by atoms with van der Waals surface area (Å²) in [6, 6.07) is 1.53. The average molecular weight is 208 g/mol. The first-order chi connectivity index (χ1) is 7.00. The van der Waals surface area contributed by atoms with Gasteiger partial charge >= 0.3 is 0 Å². The van der Waals surface area contributed by atoms with Gasteiger partial charge in [-0.05, 0) is 12.0 Å². The van der Waals surface area contributed by atoms with E-state index < -0.39 is 5.91 Å². The minimum atomic E-state index is -0.527. The largest absolute Gasteiger partial charge is 0.397 e.